The topological polar surface area (TPSA) is 54.1 Å². The minimum atomic E-state index is 0.414. The van der Waals surface area contributed by atoms with Crippen molar-refractivity contribution in [2.24, 2.45) is 10.7 Å². The summed E-state index contributed by atoms with van der Waals surface area (Å²) in [6.45, 7) is 7.75. The normalized spacial score (nSPS) is 25.5. The van der Waals surface area contributed by atoms with E-state index in [0.717, 1.165) is 26.3 Å². The Kier molecular flexibility index (Phi) is 5.02. The monoisotopic (exact) mass is 228 g/mol. The molecule has 0 aromatic rings. The summed E-state index contributed by atoms with van der Waals surface area (Å²) in [5, 5.41) is 0. The van der Waals surface area contributed by atoms with Crippen molar-refractivity contribution in [2.75, 3.05) is 40.4 Å². The van der Waals surface area contributed by atoms with Crippen LogP contribution in [0, 0.1) is 0 Å². The Balaban J connectivity index is 2.44. The first kappa shape index (κ1) is 13.3. The summed E-state index contributed by atoms with van der Waals surface area (Å²) in [6, 6.07) is 0.886. The SMILES string of the molecule is CC(CN=C(N)N(C)C)N1CCOCC1C. The number of morpholine rings is 1. The molecule has 0 aromatic heterocycles. The molecule has 2 unspecified atom stereocenters. The summed E-state index contributed by atoms with van der Waals surface area (Å²) in [4.78, 5) is 8.63. The van der Waals surface area contributed by atoms with Gasteiger partial charge in [0.2, 0.25) is 0 Å². The molecule has 0 aromatic carbocycles. The molecule has 2 atom stereocenters. The van der Waals surface area contributed by atoms with Gasteiger partial charge in [0.15, 0.2) is 5.96 Å². The molecule has 1 aliphatic heterocycles. The Morgan fingerprint density at radius 2 is 2.31 bits per heavy atom. The van der Waals surface area contributed by atoms with Crippen molar-refractivity contribution >= 4 is 5.96 Å². The number of guanidine groups is 1. The Morgan fingerprint density at radius 3 is 2.88 bits per heavy atom. The van der Waals surface area contributed by atoms with Crippen molar-refractivity contribution in [3.05, 3.63) is 0 Å². The largest absolute Gasteiger partial charge is 0.379 e. The van der Waals surface area contributed by atoms with Crippen molar-refractivity contribution in [3.8, 4) is 0 Å². The van der Waals surface area contributed by atoms with Gasteiger partial charge in [-0.15, -0.1) is 0 Å². The van der Waals surface area contributed by atoms with Crippen LogP contribution in [0.2, 0.25) is 0 Å². The lowest BCUT2D eigenvalue weighted by atomic mass is 10.2. The molecule has 1 saturated heterocycles. The van der Waals surface area contributed by atoms with Crippen molar-refractivity contribution in [1.29, 1.82) is 0 Å². The van der Waals surface area contributed by atoms with E-state index in [1.54, 1.807) is 0 Å². The van der Waals surface area contributed by atoms with Crippen LogP contribution in [0.15, 0.2) is 4.99 Å². The number of aliphatic imine (C=N–C) groups is 1. The molecule has 0 saturated carbocycles. The average molecular weight is 228 g/mol. The molecule has 1 rings (SSSR count). The molecule has 0 spiro atoms. The second-order valence-corrected chi connectivity index (χ2v) is 4.60. The van der Waals surface area contributed by atoms with E-state index in [-0.39, 0.29) is 0 Å². The maximum atomic E-state index is 5.76. The number of hydrogen-bond donors (Lipinski definition) is 1. The van der Waals surface area contributed by atoms with E-state index in [0.29, 0.717) is 18.0 Å². The predicted octanol–water partition coefficient (Wildman–Crippen LogP) is -0.0281. The number of nitrogens with two attached hydrogens (primary N) is 1. The number of rotatable bonds is 3. The van der Waals surface area contributed by atoms with Crippen LogP contribution in [0.25, 0.3) is 0 Å². The fourth-order valence-corrected chi connectivity index (χ4v) is 1.87. The molecule has 5 nitrogen and oxygen atoms in total. The van der Waals surface area contributed by atoms with Crippen LogP contribution in [0.5, 0.6) is 0 Å². The lowest BCUT2D eigenvalue weighted by molar-refractivity contribution is -0.0166. The van der Waals surface area contributed by atoms with E-state index in [4.69, 9.17) is 10.5 Å². The fraction of sp³-hybridized carbons (Fsp3) is 0.909. The van der Waals surface area contributed by atoms with Gasteiger partial charge in [0.1, 0.15) is 0 Å². The summed E-state index contributed by atoms with van der Waals surface area (Å²) >= 11 is 0. The number of hydrogen-bond acceptors (Lipinski definition) is 3. The lowest BCUT2D eigenvalue weighted by Gasteiger charge is -2.37. The highest BCUT2D eigenvalue weighted by Gasteiger charge is 2.23. The first-order chi connectivity index (χ1) is 7.52. The quantitative estimate of drug-likeness (QED) is 0.544. The first-order valence-electron chi connectivity index (χ1n) is 5.83. The van der Waals surface area contributed by atoms with Gasteiger partial charge in [-0.25, -0.2) is 0 Å². The van der Waals surface area contributed by atoms with Gasteiger partial charge in [0.25, 0.3) is 0 Å². The molecule has 1 aliphatic rings. The number of nitrogens with zero attached hydrogens (tertiary/aromatic N) is 3. The molecule has 0 aliphatic carbocycles. The van der Waals surface area contributed by atoms with Gasteiger partial charge >= 0.3 is 0 Å². The van der Waals surface area contributed by atoms with E-state index in [1.807, 2.05) is 19.0 Å². The van der Waals surface area contributed by atoms with Crippen LogP contribution in [-0.2, 0) is 4.74 Å². The van der Waals surface area contributed by atoms with Crippen LogP contribution >= 0.6 is 0 Å². The van der Waals surface area contributed by atoms with Crippen molar-refractivity contribution in [2.45, 2.75) is 25.9 Å². The van der Waals surface area contributed by atoms with E-state index in [1.165, 1.54) is 0 Å². The molecular formula is C11H24N4O. The maximum absolute atomic E-state index is 5.76. The van der Waals surface area contributed by atoms with Crippen LogP contribution < -0.4 is 5.73 Å². The molecule has 0 bridgehead atoms. The molecule has 2 N–H and O–H groups in total. The van der Waals surface area contributed by atoms with Gasteiger partial charge in [0.05, 0.1) is 19.8 Å². The molecular weight excluding hydrogens is 204 g/mol. The first-order valence-corrected chi connectivity index (χ1v) is 5.83. The van der Waals surface area contributed by atoms with Gasteiger partial charge in [-0.2, -0.15) is 0 Å². The standard InChI is InChI=1S/C11H24N4O/c1-9(7-13-11(12)14(3)4)15-5-6-16-8-10(15)2/h9-10H,5-8H2,1-4H3,(H2,12,13). The Morgan fingerprint density at radius 1 is 1.62 bits per heavy atom. The van der Waals surface area contributed by atoms with Crippen LogP contribution in [-0.4, -0.2) is 68.2 Å². The summed E-state index contributed by atoms with van der Waals surface area (Å²) in [5.41, 5.74) is 5.76. The van der Waals surface area contributed by atoms with E-state index < -0.39 is 0 Å². The van der Waals surface area contributed by atoms with Crippen molar-refractivity contribution in [3.63, 3.8) is 0 Å². The average Bonchev–Trinajstić information content (AvgIpc) is 2.25. The third kappa shape index (κ3) is 3.64. The summed E-state index contributed by atoms with van der Waals surface area (Å²) < 4.78 is 5.42. The minimum Gasteiger partial charge on any atom is -0.379 e. The smallest absolute Gasteiger partial charge is 0.190 e. The van der Waals surface area contributed by atoms with Gasteiger partial charge in [-0.3, -0.25) is 9.89 Å². The summed E-state index contributed by atoms with van der Waals surface area (Å²) in [7, 11) is 3.81. The summed E-state index contributed by atoms with van der Waals surface area (Å²) in [6.07, 6.45) is 0. The molecule has 0 amide bonds. The zero-order valence-electron chi connectivity index (χ0n) is 10.8. The zero-order chi connectivity index (χ0) is 12.1. The van der Waals surface area contributed by atoms with Crippen molar-refractivity contribution in [1.82, 2.24) is 9.80 Å². The van der Waals surface area contributed by atoms with E-state index in [9.17, 15) is 0 Å². The van der Waals surface area contributed by atoms with Crippen LogP contribution in [0.1, 0.15) is 13.8 Å². The highest BCUT2D eigenvalue weighted by Crippen LogP contribution is 2.10. The Hall–Kier alpha value is -0.810. The second-order valence-electron chi connectivity index (χ2n) is 4.60. The van der Waals surface area contributed by atoms with E-state index >= 15 is 0 Å². The lowest BCUT2D eigenvalue weighted by Crippen LogP contribution is -2.49. The second kappa shape index (κ2) is 6.06. The maximum Gasteiger partial charge on any atom is 0.190 e. The highest BCUT2D eigenvalue weighted by atomic mass is 16.5. The third-order valence-corrected chi connectivity index (χ3v) is 2.96. The Labute approximate surface area is 98.3 Å². The molecule has 5 heteroatoms. The predicted molar refractivity (Wildman–Crippen MR) is 66.6 cm³/mol. The summed E-state index contributed by atoms with van der Waals surface area (Å²) in [5.74, 6) is 0.591. The molecule has 1 fully saturated rings. The van der Waals surface area contributed by atoms with Gasteiger partial charge < -0.3 is 15.4 Å². The zero-order valence-corrected chi connectivity index (χ0v) is 10.8. The number of ether oxygens (including phenoxy) is 1. The molecule has 16 heavy (non-hydrogen) atoms. The van der Waals surface area contributed by atoms with Crippen LogP contribution in [0.3, 0.4) is 0 Å². The van der Waals surface area contributed by atoms with Crippen LogP contribution in [0.4, 0.5) is 0 Å². The van der Waals surface area contributed by atoms with Crippen molar-refractivity contribution < 1.29 is 4.74 Å². The van der Waals surface area contributed by atoms with E-state index in [2.05, 4.69) is 23.7 Å². The minimum absolute atomic E-state index is 0.414. The third-order valence-electron chi connectivity index (χ3n) is 2.96. The fourth-order valence-electron chi connectivity index (χ4n) is 1.87. The highest BCUT2D eigenvalue weighted by molar-refractivity contribution is 5.77. The molecule has 0 radical (unpaired) electrons. The van der Waals surface area contributed by atoms with Gasteiger partial charge in [0, 0.05) is 32.7 Å². The molecule has 1 heterocycles. The molecule has 94 valence electrons. The van der Waals surface area contributed by atoms with Gasteiger partial charge in [-0.05, 0) is 13.8 Å². The Bertz CT molecular complexity index is 242. The van der Waals surface area contributed by atoms with Gasteiger partial charge in [-0.1, -0.05) is 0 Å².